The Hall–Kier alpha value is -1.87. The molecule has 0 spiro atoms. The fraction of sp³-hybridized carbons (Fsp3) is 0.278. The summed E-state index contributed by atoms with van der Waals surface area (Å²) in [5.74, 6) is 0.850. The van der Waals surface area contributed by atoms with E-state index in [1.54, 1.807) is 0 Å². The van der Waals surface area contributed by atoms with Crippen LogP contribution in [0.4, 0.5) is 0 Å². The Morgan fingerprint density at radius 1 is 0.905 bits per heavy atom. The van der Waals surface area contributed by atoms with E-state index in [9.17, 15) is 4.79 Å². The first-order valence-electron chi connectivity index (χ1n) is 7.30. The van der Waals surface area contributed by atoms with Crippen molar-refractivity contribution >= 4 is 19.0 Å². The zero-order chi connectivity index (χ0) is 15.5. The maximum absolute atomic E-state index is 12.4. The predicted molar refractivity (Wildman–Crippen MR) is 90.5 cm³/mol. The molecule has 0 N–H and O–H groups in total. The van der Waals surface area contributed by atoms with Crippen molar-refractivity contribution in [1.82, 2.24) is 0 Å². The van der Waals surface area contributed by atoms with Crippen LogP contribution < -0.4 is 9.92 Å². The van der Waals surface area contributed by atoms with E-state index in [1.165, 1.54) is 5.19 Å². The summed E-state index contributed by atoms with van der Waals surface area (Å²) >= 11 is 0. The second kappa shape index (κ2) is 6.27. The quantitative estimate of drug-likeness (QED) is 0.619. The van der Waals surface area contributed by atoms with E-state index in [0.717, 1.165) is 11.3 Å². The summed E-state index contributed by atoms with van der Waals surface area (Å²) in [5, 5.41) is 1.37. The molecule has 0 fully saturated rings. The molecule has 0 atom stereocenters. The molecular weight excluding hydrogens is 276 g/mol. The zero-order valence-corrected chi connectivity index (χ0v) is 14.1. The van der Waals surface area contributed by atoms with Gasteiger partial charge in [-0.3, -0.25) is 4.79 Å². The normalized spacial score (nSPS) is 11.2. The van der Waals surface area contributed by atoms with Crippen LogP contribution in [0.2, 0.25) is 19.6 Å². The Balaban J connectivity index is 2.19. The molecule has 0 saturated heterocycles. The van der Waals surface area contributed by atoms with Gasteiger partial charge in [0.1, 0.15) is 5.75 Å². The molecule has 0 heterocycles. The lowest BCUT2D eigenvalue weighted by Gasteiger charge is -2.16. The smallest absolute Gasteiger partial charge is 0.193 e. The highest BCUT2D eigenvalue weighted by atomic mass is 28.3. The van der Waals surface area contributed by atoms with E-state index in [0.29, 0.717) is 12.2 Å². The van der Waals surface area contributed by atoms with Crippen LogP contribution in [-0.2, 0) is 0 Å². The summed E-state index contributed by atoms with van der Waals surface area (Å²) in [5.41, 5.74) is 1.43. The summed E-state index contributed by atoms with van der Waals surface area (Å²) in [4.78, 5) is 12.4. The fourth-order valence-electron chi connectivity index (χ4n) is 2.16. The molecule has 0 aromatic heterocycles. The van der Waals surface area contributed by atoms with Crippen LogP contribution in [0.5, 0.6) is 5.75 Å². The van der Waals surface area contributed by atoms with E-state index in [1.807, 2.05) is 43.3 Å². The largest absolute Gasteiger partial charge is 0.494 e. The Morgan fingerprint density at radius 2 is 1.38 bits per heavy atom. The van der Waals surface area contributed by atoms with Crippen molar-refractivity contribution in [1.29, 1.82) is 0 Å². The van der Waals surface area contributed by atoms with Crippen molar-refractivity contribution in [2.24, 2.45) is 0 Å². The maximum Gasteiger partial charge on any atom is 0.193 e. The van der Waals surface area contributed by atoms with Crippen LogP contribution in [0, 0.1) is 0 Å². The van der Waals surface area contributed by atoms with Gasteiger partial charge in [-0.25, -0.2) is 0 Å². The van der Waals surface area contributed by atoms with Crippen LogP contribution in [0.1, 0.15) is 22.8 Å². The highest BCUT2D eigenvalue weighted by molar-refractivity contribution is 6.88. The fourth-order valence-corrected chi connectivity index (χ4v) is 3.32. The summed E-state index contributed by atoms with van der Waals surface area (Å²) in [6.07, 6.45) is 0. The molecule has 0 amide bonds. The third kappa shape index (κ3) is 3.82. The molecule has 2 nitrogen and oxygen atoms in total. The first kappa shape index (κ1) is 15.5. The molecule has 0 aliphatic rings. The number of hydrogen-bond donors (Lipinski definition) is 0. The van der Waals surface area contributed by atoms with Crippen molar-refractivity contribution in [3.05, 3.63) is 59.7 Å². The van der Waals surface area contributed by atoms with Gasteiger partial charge in [-0.05, 0) is 31.2 Å². The number of ether oxygens (including phenoxy) is 1. The van der Waals surface area contributed by atoms with Crippen molar-refractivity contribution in [3.63, 3.8) is 0 Å². The Labute approximate surface area is 127 Å². The molecule has 0 aliphatic heterocycles. The number of carbonyl (C=O) groups is 1. The van der Waals surface area contributed by atoms with Gasteiger partial charge >= 0.3 is 0 Å². The third-order valence-electron chi connectivity index (χ3n) is 3.44. The first-order valence-corrected chi connectivity index (χ1v) is 10.8. The average molecular weight is 298 g/mol. The minimum absolute atomic E-state index is 0.0557. The summed E-state index contributed by atoms with van der Waals surface area (Å²) in [7, 11) is -1.31. The number of hydrogen-bond acceptors (Lipinski definition) is 2. The maximum atomic E-state index is 12.4. The highest BCUT2D eigenvalue weighted by Gasteiger charge is 2.17. The molecule has 2 rings (SSSR count). The lowest BCUT2D eigenvalue weighted by atomic mass is 10.0. The minimum atomic E-state index is -1.31. The SMILES string of the molecule is CCOc1ccc(C(=O)c2ccc([Si](C)(C)C)cc2)cc1. The van der Waals surface area contributed by atoms with Crippen molar-refractivity contribution in [2.45, 2.75) is 26.6 Å². The molecule has 0 aliphatic carbocycles. The monoisotopic (exact) mass is 298 g/mol. The summed E-state index contributed by atoms with van der Waals surface area (Å²) in [6, 6.07) is 15.4. The molecule has 110 valence electrons. The standard InChI is InChI=1S/C18H22O2Si/c1-5-20-16-10-6-14(7-11-16)18(19)15-8-12-17(13-9-15)21(2,3)4/h6-13H,5H2,1-4H3. The number of benzene rings is 2. The van der Waals surface area contributed by atoms with Crippen LogP contribution >= 0.6 is 0 Å². The summed E-state index contributed by atoms with van der Waals surface area (Å²) in [6.45, 7) is 9.48. The van der Waals surface area contributed by atoms with Crippen molar-refractivity contribution in [3.8, 4) is 5.75 Å². The first-order chi connectivity index (χ1) is 9.91. The lowest BCUT2D eigenvalue weighted by Crippen LogP contribution is -2.37. The molecule has 3 heteroatoms. The highest BCUT2D eigenvalue weighted by Crippen LogP contribution is 2.15. The van der Waals surface area contributed by atoms with Crippen molar-refractivity contribution < 1.29 is 9.53 Å². The Bertz CT molecular complexity index is 607. The number of carbonyl (C=O) groups excluding carboxylic acids is 1. The van der Waals surface area contributed by atoms with Crippen LogP contribution in [0.3, 0.4) is 0 Å². The van der Waals surface area contributed by atoms with Gasteiger partial charge in [0.2, 0.25) is 0 Å². The van der Waals surface area contributed by atoms with E-state index in [2.05, 4.69) is 31.8 Å². The Morgan fingerprint density at radius 3 is 1.81 bits per heavy atom. The topological polar surface area (TPSA) is 26.3 Å². The summed E-state index contributed by atoms with van der Waals surface area (Å²) < 4.78 is 5.39. The van der Waals surface area contributed by atoms with E-state index >= 15 is 0 Å². The van der Waals surface area contributed by atoms with Gasteiger partial charge in [0, 0.05) is 11.1 Å². The van der Waals surface area contributed by atoms with Crippen molar-refractivity contribution in [2.75, 3.05) is 6.61 Å². The zero-order valence-electron chi connectivity index (χ0n) is 13.1. The van der Waals surface area contributed by atoms with Crippen LogP contribution in [-0.4, -0.2) is 20.5 Å². The van der Waals surface area contributed by atoms with Gasteiger partial charge < -0.3 is 4.74 Å². The average Bonchev–Trinajstić information content (AvgIpc) is 2.47. The molecule has 0 saturated carbocycles. The molecule has 21 heavy (non-hydrogen) atoms. The second-order valence-corrected chi connectivity index (χ2v) is 11.2. The molecule has 0 bridgehead atoms. The van der Waals surface area contributed by atoms with E-state index in [4.69, 9.17) is 4.74 Å². The van der Waals surface area contributed by atoms with Gasteiger partial charge in [-0.2, -0.15) is 0 Å². The number of rotatable bonds is 5. The molecule has 2 aromatic rings. The van der Waals surface area contributed by atoms with Gasteiger partial charge in [0.15, 0.2) is 5.78 Å². The molecular formula is C18H22O2Si. The van der Waals surface area contributed by atoms with Crippen LogP contribution in [0.15, 0.2) is 48.5 Å². The number of ketones is 1. The lowest BCUT2D eigenvalue weighted by molar-refractivity contribution is 0.103. The van der Waals surface area contributed by atoms with Gasteiger partial charge in [0.25, 0.3) is 0 Å². The minimum Gasteiger partial charge on any atom is -0.494 e. The third-order valence-corrected chi connectivity index (χ3v) is 5.51. The predicted octanol–water partition coefficient (Wildman–Crippen LogP) is 3.86. The van der Waals surface area contributed by atoms with E-state index in [-0.39, 0.29) is 5.78 Å². The van der Waals surface area contributed by atoms with Crippen LogP contribution in [0.25, 0.3) is 0 Å². The van der Waals surface area contributed by atoms with Gasteiger partial charge in [-0.15, -0.1) is 0 Å². The van der Waals surface area contributed by atoms with Gasteiger partial charge in [-0.1, -0.05) is 49.1 Å². The molecule has 0 unspecified atom stereocenters. The Kier molecular flexibility index (Phi) is 4.63. The molecule has 2 aromatic carbocycles. The van der Waals surface area contributed by atoms with Gasteiger partial charge in [0.05, 0.1) is 14.7 Å². The second-order valence-electron chi connectivity index (χ2n) is 6.11. The molecule has 0 radical (unpaired) electrons. The van der Waals surface area contributed by atoms with E-state index < -0.39 is 8.07 Å².